The summed E-state index contributed by atoms with van der Waals surface area (Å²) in [6.07, 6.45) is 2.93. The summed E-state index contributed by atoms with van der Waals surface area (Å²) in [5, 5.41) is 7.64. The van der Waals surface area contributed by atoms with Crippen LogP contribution in [0.15, 0.2) is 60.7 Å². The highest BCUT2D eigenvalue weighted by Crippen LogP contribution is 2.14. The Morgan fingerprint density at radius 3 is 2.30 bits per heavy atom. The molecule has 0 aromatic heterocycles. The largest absolute Gasteiger partial charge is 0.454 e. The first-order valence-corrected chi connectivity index (χ1v) is 9.21. The molecule has 2 aromatic rings. The minimum atomic E-state index is -0.922. The zero-order valence-electron chi connectivity index (χ0n) is 16.7. The molecule has 3 N–H and O–H groups in total. The quantitative estimate of drug-likeness (QED) is 0.457. The lowest BCUT2D eigenvalue weighted by atomic mass is 10.2. The van der Waals surface area contributed by atoms with Gasteiger partial charge in [0.1, 0.15) is 6.04 Å². The third kappa shape index (κ3) is 7.97. The van der Waals surface area contributed by atoms with Crippen molar-refractivity contribution in [2.45, 2.75) is 19.9 Å². The Bertz CT molecular complexity index is 941. The number of nitrogens with one attached hydrogen (secondary N) is 3. The Morgan fingerprint density at radius 2 is 1.63 bits per heavy atom. The van der Waals surface area contributed by atoms with E-state index in [0.717, 1.165) is 5.56 Å². The van der Waals surface area contributed by atoms with Crippen molar-refractivity contribution in [3.05, 3.63) is 66.2 Å². The van der Waals surface area contributed by atoms with Crippen LogP contribution in [-0.2, 0) is 23.9 Å². The number of rotatable bonds is 8. The van der Waals surface area contributed by atoms with Gasteiger partial charge in [0, 0.05) is 24.4 Å². The Hall–Kier alpha value is -3.94. The van der Waals surface area contributed by atoms with E-state index in [1.54, 1.807) is 30.3 Å². The molecule has 8 heteroatoms. The molecule has 30 heavy (non-hydrogen) atoms. The van der Waals surface area contributed by atoms with Crippen molar-refractivity contribution in [1.29, 1.82) is 0 Å². The van der Waals surface area contributed by atoms with Crippen LogP contribution in [-0.4, -0.2) is 36.3 Å². The second-order valence-corrected chi connectivity index (χ2v) is 6.39. The summed E-state index contributed by atoms with van der Waals surface area (Å²) >= 11 is 0. The second kappa shape index (κ2) is 11.2. The Kier molecular flexibility index (Phi) is 8.31. The number of hydrogen-bond donors (Lipinski definition) is 3. The number of anilines is 2. The number of amides is 3. The molecule has 0 saturated heterocycles. The molecule has 2 rings (SSSR count). The van der Waals surface area contributed by atoms with Gasteiger partial charge in [-0.2, -0.15) is 0 Å². The lowest BCUT2D eigenvalue weighted by Crippen LogP contribution is -2.39. The van der Waals surface area contributed by atoms with Crippen LogP contribution in [0.1, 0.15) is 19.4 Å². The molecule has 0 radical (unpaired) electrons. The minimum absolute atomic E-state index is 0.234. The first kappa shape index (κ1) is 22.4. The molecule has 1 atom stereocenters. The summed E-state index contributed by atoms with van der Waals surface area (Å²) in [6.45, 7) is 2.33. The summed E-state index contributed by atoms with van der Waals surface area (Å²) in [5.41, 5.74) is 1.81. The smallest absolute Gasteiger partial charge is 0.328 e. The third-order valence-electron chi connectivity index (χ3n) is 3.75. The second-order valence-electron chi connectivity index (χ2n) is 6.39. The minimum Gasteiger partial charge on any atom is -0.454 e. The maximum Gasteiger partial charge on any atom is 0.328 e. The van der Waals surface area contributed by atoms with Gasteiger partial charge in [0.15, 0.2) is 6.61 Å². The molecule has 0 unspecified atom stereocenters. The van der Waals surface area contributed by atoms with Crippen molar-refractivity contribution in [2.24, 2.45) is 0 Å². The lowest BCUT2D eigenvalue weighted by Gasteiger charge is -2.12. The van der Waals surface area contributed by atoms with Crippen molar-refractivity contribution in [1.82, 2.24) is 5.32 Å². The molecular weight excluding hydrogens is 386 g/mol. The molecule has 8 nitrogen and oxygen atoms in total. The van der Waals surface area contributed by atoms with Crippen molar-refractivity contribution in [3.63, 3.8) is 0 Å². The lowest BCUT2D eigenvalue weighted by molar-refractivity contribution is -0.149. The maximum atomic E-state index is 12.0. The maximum absolute atomic E-state index is 12.0. The van der Waals surface area contributed by atoms with Crippen LogP contribution in [0.5, 0.6) is 0 Å². The summed E-state index contributed by atoms with van der Waals surface area (Å²) in [4.78, 5) is 47.0. The van der Waals surface area contributed by atoms with Crippen LogP contribution in [0.25, 0.3) is 6.08 Å². The zero-order valence-corrected chi connectivity index (χ0v) is 16.7. The molecule has 0 saturated carbocycles. The molecule has 156 valence electrons. The van der Waals surface area contributed by atoms with E-state index in [2.05, 4.69) is 16.0 Å². The van der Waals surface area contributed by atoms with E-state index in [1.165, 1.54) is 19.9 Å². The van der Waals surface area contributed by atoms with Gasteiger partial charge >= 0.3 is 5.97 Å². The summed E-state index contributed by atoms with van der Waals surface area (Å²) in [5.74, 6) is -1.98. The number of esters is 1. The van der Waals surface area contributed by atoms with E-state index < -0.39 is 30.4 Å². The van der Waals surface area contributed by atoms with E-state index in [0.29, 0.717) is 11.4 Å². The van der Waals surface area contributed by atoms with Crippen molar-refractivity contribution >= 4 is 41.1 Å². The molecule has 0 aliphatic rings. The van der Waals surface area contributed by atoms with E-state index in [4.69, 9.17) is 4.74 Å². The number of ether oxygens (including phenoxy) is 1. The van der Waals surface area contributed by atoms with Crippen LogP contribution in [0.4, 0.5) is 11.4 Å². The van der Waals surface area contributed by atoms with E-state index in [9.17, 15) is 19.2 Å². The fourth-order valence-electron chi connectivity index (χ4n) is 2.39. The van der Waals surface area contributed by atoms with Gasteiger partial charge in [0.2, 0.25) is 11.8 Å². The van der Waals surface area contributed by atoms with Crippen LogP contribution in [0, 0.1) is 0 Å². The topological polar surface area (TPSA) is 114 Å². The molecule has 0 aliphatic carbocycles. The average Bonchev–Trinajstić information content (AvgIpc) is 2.71. The Labute approximate surface area is 174 Å². The Morgan fingerprint density at radius 1 is 0.967 bits per heavy atom. The van der Waals surface area contributed by atoms with Crippen molar-refractivity contribution in [3.8, 4) is 0 Å². The van der Waals surface area contributed by atoms with Crippen LogP contribution >= 0.6 is 0 Å². The monoisotopic (exact) mass is 409 g/mol. The molecule has 2 aromatic carbocycles. The number of hydrogen-bond acceptors (Lipinski definition) is 5. The van der Waals surface area contributed by atoms with Gasteiger partial charge in [-0.05, 0) is 36.8 Å². The highest BCUT2D eigenvalue weighted by Gasteiger charge is 2.17. The normalized spacial score (nSPS) is 11.4. The van der Waals surface area contributed by atoms with Crippen LogP contribution in [0.2, 0.25) is 0 Å². The van der Waals surface area contributed by atoms with Crippen molar-refractivity contribution in [2.75, 3.05) is 17.2 Å². The number of carbonyl (C=O) groups is 4. The van der Waals surface area contributed by atoms with Crippen molar-refractivity contribution < 1.29 is 23.9 Å². The standard InChI is InChI=1S/C22H23N3O5/c1-15(23-20(27)12-11-17-7-4-3-5-8-17)22(29)30-14-21(28)25-19-10-6-9-18(13-19)24-16(2)26/h3-13,15H,14H2,1-2H3,(H,23,27)(H,24,26)(H,25,28)/b12-11+/t15-/m0/s1. The van der Waals surface area contributed by atoms with E-state index in [1.807, 2.05) is 30.3 Å². The van der Waals surface area contributed by atoms with Gasteiger partial charge in [-0.15, -0.1) is 0 Å². The molecule has 0 aliphatic heterocycles. The molecule has 3 amide bonds. The highest BCUT2D eigenvalue weighted by molar-refractivity contribution is 5.96. The highest BCUT2D eigenvalue weighted by atomic mass is 16.5. The first-order valence-electron chi connectivity index (χ1n) is 9.21. The average molecular weight is 409 g/mol. The van der Waals surface area contributed by atoms with Gasteiger partial charge in [-0.3, -0.25) is 14.4 Å². The van der Waals surface area contributed by atoms with Crippen LogP contribution < -0.4 is 16.0 Å². The molecular formula is C22H23N3O5. The zero-order chi connectivity index (χ0) is 21.9. The van der Waals surface area contributed by atoms with Gasteiger partial charge in [-0.25, -0.2) is 4.79 Å². The molecule has 0 bridgehead atoms. The van der Waals surface area contributed by atoms with Gasteiger partial charge in [0.05, 0.1) is 0 Å². The Balaban J connectivity index is 1.77. The number of carbonyl (C=O) groups excluding carboxylic acids is 4. The SMILES string of the molecule is CC(=O)Nc1cccc(NC(=O)COC(=O)[C@H](C)NC(=O)/C=C/c2ccccc2)c1. The van der Waals surface area contributed by atoms with E-state index >= 15 is 0 Å². The third-order valence-corrected chi connectivity index (χ3v) is 3.75. The fraction of sp³-hybridized carbons (Fsp3) is 0.182. The fourth-order valence-corrected chi connectivity index (χ4v) is 2.39. The predicted molar refractivity (Wildman–Crippen MR) is 113 cm³/mol. The van der Waals surface area contributed by atoms with Gasteiger partial charge < -0.3 is 20.7 Å². The van der Waals surface area contributed by atoms with Gasteiger partial charge in [-0.1, -0.05) is 36.4 Å². The molecule has 0 heterocycles. The van der Waals surface area contributed by atoms with E-state index in [-0.39, 0.29) is 5.91 Å². The summed E-state index contributed by atoms with van der Waals surface area (Å²) < 4.78 is 4.94. The van der Waals surface area contributed by atoms with Crippen LogP contribution in [0.3, 0.4) is 0 Å². The predicted octanol–water partition coefficient (Wildman–Crippen LogP) is 2.34. The summed E-state index contributed by atoms with van der Waals surface area (Å²) in [7, 11) is 0. The molecule has 0 fully saturated rings. The first-order chi connectivity index (χ1) is 14.3. The summed E-state index contributed by atoms with van der Waals surface area (Å²) in [6, 6.07) is 14.9. The van der Waals surface area contributed by atoms with Gasteiger partial charge in [0.25, 0.3) is 5.91 Å². The number of benzene rings is 2. The molecule has 0 spiro atoms.